The lowest BCUT2D eigenvalue weighted by Crippen LogP contribution is -2.43. The summed E-state index contributed by atoms with van der Waals surface area (Å²) in [6, 6.07) is 2.71. The average molecular weight is 300 g/mol. The summed E-state index contributed by atoms with van der Waals surface area (Å²) < 4.78 is 9.56. The van der Waals surface area contributed by atoms with E-state index < -0.39 is 36.4 Å². The number of aldehydes is 1. The van der Waals surface area contributed by atoms with Gasteiger partial charge in [0, 0.05) is 0 Å². The summed E-state index contributed by atoms with van der Waals surface area (Å²) in [5, 5.41) is 26.9. The van der Waals surface area contributed by atoms with Crippen LogP contribution in [0.2, 0.25) is 0 Å². The largest absolute Gasteiger partial charge is 0.481 e. The van der Waals surface area contributed by atoms with Crippen LogP contribution in [0.4, 0.5) is 0 Å². The van der Waals surface area contributed by atoms with Crippen LogP contribution < -0.4 is 0 Å². The van der Waals surface area contributed by atoms with Gasteiger partial charge in [0.05, 0.1) is 12.8 Å². The molecular formula is C12H12O9. The van der Waals surface area contributed by atoms with Crippen molar-refractivity contribution in [3.05, 3.63) is 23.7 Å². The summed E-state index contributed by atoms with van der Waals surface area (Å²) in [5.74, 6) is -4.38. The van der Waals surface area contributed by atoms with Crippen molar-refractivity contribution in [2.75, 3.05) is 0 Å². The van der Waals surface area contributed by atoms with Crippen LogP contribution in [-0.2, 0) is 25.7 Å². The number of esters is 1. The number of carboxylic acids is 2. The molecule has 0 aromatic carbocycles. The highest BCUT2D eigenvalue weighted by Crippen LogP contribution is 2.18. The number of carbonyl (C=O) groups is 4. The fourth-order valence-electron chi connectivity index (χ4n) is 1.44. The van der Waals surface area contributed by atoms with Crippen LogP contribution in [0, 0.1) is 0 Å². The highest BCUT2D eigenvalue weighted by molar-refractivity contribution is 5.88. The maximum absolute atomic E-state index is 11.4. The molecule has 0 saturated carbocycles. The van der Waals surface area contributed by atoms with Gasteiger partial charge < -0.3 is 24.5 Å². The molecule has 1 atom stereocenters. The molecule has 0 spiro atoms. The van der Waals surface area contributed by atoms with Gasteiger partial charge in [-0.05, 0) is 12.1 Å². The third kappa shape index (κ3) is 4.73. The predicted molar refractivity (Wildman–Crippen MR) is 63.3 cm³/mol. The number of carboxylic acid groups (broad SMARTS) is 2. The third-order valence-corrected chi connectivity index (χ3v) is 2.45. The van der Waals surface area contributed by atoms with Crippen LogP contribution in [0.5, 0.6) is 0 Å². The van der Waals surface area contributed by atoms with E-state index in [1.54, 1.807) is 0 Å². The van der Waals surface area contributed by atoms with Crippen LogP contribution >= 0.6 is 0 Å². The topological polar surface area (TPSA) is 151 Å². The Labute approximate surface area is 117 Å². The Bertz CT molecular complexity index is 559. The normalized spacial score (nSPS) is 13.2. The maximum Gasteiger partial charge on any atom is 0.336 e. The fourth-order valence-corrected chi connectivity index (χ4v) is 1.44. The summed E-state index contributed by atoms with van der Waals surface area (Å²) in [5.41, 5.74) is -2.75. The molecule has 0 aliphatic heterocycles. The first-order chi connectivity index (χ1) is 9.76. The van der Waals surface area contributed by atoms with Crippen molar-refractivity contribution in [3.8, 4) is 0 Å². The van der Waals surface area contributed by atoms with Crippen molar-refractivity contribution < 1.29 is 43.7 Å². The Balaban J connectivity index is 2.60. The molecule has 0 fully saturated rings. The Kier molecular flexibility index (Phi) is 5.19. The molecular weight excluding hydrogens is 288 g/mol. The van der Waals surface area contributed by atoms with E-state index in [4.69, 9.17) is 14.6 Å². The first kappa shape index (κ1) is 16.4. The fraction of sp³-hybridized carbons (Fsp3) is 0.333. The second-order valence-electron chi connectivity index (χ2n) is 4.17. The van der Waals surface area contributed by atoms with Crippen molar-refractivity contribution in [2.45, 2.75) is 25.0 Å². The number of hydrogen-bond acceptors (Lipinski definition) is 7. The molecule has 0 aliphatic rings. The van der Waals surface area contributed by atoms with Gasteiger partial charge in [-0.3, -0.25) is 14.4 Å². The summed E-state index contributed by atoms with van der Waals surface area (Å²) in [4.78, 5) is 43.1. The van der Waals surface area contributed by atoms with E-state index in [0.717, 1.165) is 0 Å². The highest BCUT2D eigenvalue weighted by Gasteiger charge is 2.41. The molecule has 0 bridgehead atoms. The molecule has 0 amide bonds. The summed E-state index contributed by atoms with van der Waals surface area (Å²) in [6.07, 6.45) is -1.73. The predicted octanol–water partition coefficient (Wildman–Crippen LogP) is -0.184. The number of aliphatic hydroxyl groups is 1. The Morgan fingerprint density at radius 3 is 2.38 bits per heavy atom. The molecule has 9 heteroatoms. The molecule has 0 radical (unpaired) electrons. The van der Waals surface area contributed by atoms with E-state index >= 15 is 0 Å². The van der Waals surface area contributed by atoms with Crippen LogP contribution in [0.25, 0.3) is 0 Å². The smallest absolute Gasteiger partial charge is 0.336 e. The first-order valence-corrected chi connectivity index (χ1v) is 5.64. The van der Waals surface area contributed by atoms with Crippen LogP contribution in [0.15, 0.2) is 16.5 Å². The minimum Gasteiger partial charge on any atom is -0.481 e. The summed E-state index contributed by atoms with van der Waals surface area (Å²) >= 11 is 0. The van der Waals surface area contributed by atoms with Gasteiger partial charge in [-0.15, -0.1) is 0 Å². The molecule has 1 aromatic heterocycles. The number of carbonyl (C=O) groups excluding carboxylic acids is 2. The lowest BCUT2D eigenvalue weighted by atomic mass is 9.96. The quantitative estimate of drug-likeness (QED) is 0.438. The van der Waals surface area contributed by atoms with Crippen LogP contribution in [0.3, 0.4) is 0 Å². The van der Waals surface area contributed by atoms with Crippen molar-refractivity contribution in [2.24, 2.45) is 0 Å². The molecule has 0 unspecified atom stereocenters. The minimum absolute atomic E-state index is 0.0222. The Morgan fingerprint density at radius 1 is 1.24 bits per heavy atom. The van der Waals surface area contributed by atoms with Gasteiger partial charge in [-0.1, -0.05) is 0 Å². The van der Waals surface area contributed by atoms with E-state index in [-0.39, 0.29) is 18.1 Å². The molecule has 0 saturated heterocycles. The van der Waals surface area contributed by atoms with Gasteiger partial charge in [0.2, 0.25) is 0 Å². The number of furan rings is 1. The second kappa shape index (κ2) is 6.66. The van der Waals surface area contributed by atoms with Crippen molar-refractivity contribution in [1.29, 1.82) is 0 Å². The van der Waals surface area contributed by atoms with Gasteiger partial charge >= 0.3 is 17.9 Å². The van der Waals surface area contributed by atoms with Gasteiger partial charge in [0.1, 0.15) is 12.4 Å². The third-order valence-electron chi connectivity index (χ3n) is 2.45. The molecule has 1 aromatic rings. The SMILES string of the molecule is O=Cc1ccc(COC(=O)C[C@](O)(CC(=O)O)C(=O)O)o1. The second-order valence-corrected chi connectivity index (χ2v) is 4.17. The van der Waals surface area contributed by atoms with Gasteiger partial charge in [-0.2, -0.15) is 0 Å². The van der Waals surface area contributed by atoms with E-state index in [1.807, 2.05) is 0 Å². The lowest BCUT2D eigenvalue weighted by Gasteiger charge is -2.19. The first-order valence-electron chi connectivity index (χ1n) is 5.64. The van der Waals surface area contributed by atoms with Gasteiger partial charge in [-0.25, -0.2) is 4.79 Å². The zero-order chi connectivity index (χ0) is 16.0. The number of ether oxygens (including phenoxy) is 1. The highest BCUT2D eigenvalue weighted by atomic mass is 16.5. The number of aliphatic carboxylic acids is 2. The van der Waals surface area contributed by atoms with Crippen LogP contribution in [-0.4, -0.2) is 45.1 Å². The van der Waals surface area contributed by atoms with Gasteiger partial charge in [0.25, 0.3) is 0 Å². The summed E-state index contributed by atoms with van der Waals surface area (Å²) in [6.45, 7) is -0.380. The molecule has 1 rings (SSSR count). The molecule has 1 heterocycles. The molecule has 21 heavy (non-hydrogen) atoms. The molecule has 0 aliphatic carbocycles. The summed E-state index contributed by atoms with van der Waals surface area (Å²) in [7, 11) is 0. The standard InChI is InChI=1S/C12H12O9/c13-5-7-1-2-8(21-7)6-20-10(16)4-12(19,11(17)18)3-9(14)15/h1-2,5,19H,3-4,6H2,(H,14,15)(H,17,18)/t12-/m1/s1. The molecule has 9 nitrogen and oxygen atoms in total. The van der Waals surface area contributed by atoms with E-state index in [1.165, 1.54) is 12.1 Å². The Morgan fingerprint density at radius 2 is 1.90 bits per heavy atom. The lowest BCUT2D eigenvalue weighted by molar-refractivity contribution is -0.172. The van der Waals surface area contributed by atoms with Crippen molar-refractivity contribution >= 4 is 24.2 Å². The zero-order valence-electron chi connectivity index (χ0n) is 10.6. The van der Waals surface area contributed by atoms with Gasteiger partial charge in [0.15, 0.2) is 17.6 Å². The number of hydrogen-bond donors (Lipinski definition) is 3. The van der Waals surface area contributed by atoms with Crippen molar-refractivity contribution in [3.63, 3.8) is 0 Å². The minimum atomic E-state index is -2.75. The average Bonchev–Trinajstić information content (AvgIpc) is 2.83. The van der Waals surface area contributed by atoms with Crippen molar-refractivity contribution in [1.82, 2.24) is 0 Å². The zero-order valence-corrected chi connectivity index (χ0v) is 10.6. The maximum atomic E-state index is 11.4. The molecule has 114 valence electrons. The van der Waals surface area contributed by atoms with Crippen LogP contribution in [0.1, 0.15) is 29.2 Å². The van der Waals surface area contributed by atoms with E-state index in [0.29, 0.717) is 6.29 Å². The Hall–Kier alpha value is -2.68. The van der Waals surface area contributed by atoms with E-state index in [9.17, 15) is 24.3 Å². The number of rotatable bonds is 8. The van der Waals surface area contributed by atoms with E-state index in [2.05, 4.69) is 4.74 Å². The monoisotopic (exact) mass is 300 g/mol. The molecule has 3 N–H and O–H groups in total.